The zero-order valence-corrected chi connectivity index (χ0v) is 12.7. The third-order valence-electron chi connectivity index (χ3n) is 3.04. The summed E-state index contributed by atoms with van der Waals surface area (Å²) < 4.78 is 34.0. The van der Waals surface area contributed by atoms with Crippen molar-refractivity contribution in [3.8, 4) is 5.75 Å². The summed E-state index contributed by atoms with van der Waals surface area (Å²) in [5.41, 5.74) is 6.06. The molecule has 0 aliphatic heterocycles. The van der Waals surface area contributed by atoms with E-state index < -0.39 is 10.0 Å². The fourth-order valence-electron chi connectivity index (χ4n) is 1.92. The van der Waals surface area contributed by atoms with Crippen LogP contribution in [0.1, 0.15) is 5.82 Å². The molecule has 1 aromatic heterocycles. The van der Waals surface area contributed by atoms with Crippen molar-refractivity contribution in [1.29, 1.82) is 0 Å². The maximum absolute atomic E-state index is 12.3. The van der Waals surface area contributed by atoms with Gasteiger partial charge in [0.05, 0.1) is 7.11 Å². The zero-order valence-electron chi connectivity index (χ0n) is 11.9. The SMILES string of the molecule is COc1cc(N)ccc1S(=O)(=O)NCCc1nccn1C. The minimum atomic E-state index is -3.65. The van der Waals surface area contributed by atoms with Gasteiger partial charge in [-0.1, -0.05) is 0 Å². The Labute approximate surface area is 123 Å². The van der Waals surface area contributed by atoms with E-state index in [0.29, 0.717) is 12.1 Å². The standard InChI is InChI=1S/C13H18N4O3S/c1-17-8-7-15-13(17)5-6-16-21(18,19)12-4-3-10(14)9-11(12)20-2/h3-4,7-9,16H,5-6,14H2,1-2H3. The van der Waals surface area contributed by atoms with E-state index >= 15 is 0 Å². The Morgan fingerprint density at radius 1 is 1.43 bits per heavy atom. The lowest BCUT2D eigenvalue weighted by molar-refractivity contribution is 0.402. The topological polar surface area (TPSA) is 99.2 Å². The van der Waals surface area contributed by atoms with Crippen molar-refractivity contribution < 1.29 is 13.2 Å². The molecule has 0 saturated heterocycles. The first-order valence-electron chi connectivity index (χ1n) is 6.33. The molecule has 2 rings (SSSR count). The Kier molecular flexibility index (Phi) is 4.49. The van der Waals surface area contributed by atoms with E-state index in [0.717, 1.165) is 5.82 Å². The Balaban J connectivity index is 2.10. The minimum Gasteiger partial charge on any atom is -0.495 e. The third-order valence-corrected chi connectivity index (χ3v) is 4.54. The normalized spacial score (nSPS) is 11.5. The van der Waals surface area contributed by atoms with Crippen molar-refractivity contribution in [2.24, 2.45) is 7.05 Å². The molecule has 21 heavy (non-hydrogen) atoms. The fraction of sp³-hybridized carbons (Fsp3) is 0.308. The van der Waals surface area contributed by atoms with Crippen molar-refractivity contribution in [2.45, 2.75) is 11.3 Å². The molecule has 0 radical (unpaired) electrons. The molecule has 3 N–H and O–H groups in total. The fourth-order valence-corrected chi connectivity index (χ4v) is 3.10. The van der Waals surface area contributed by atoms with Gasteiger partial charge in [-0.3, -0.25) is 0 Å². The van der Waals surface area contributed by atoms with Crippen LogP contribution in [0.4, 0.5) is 5.69 Å². The molecule has 7 nitrogen and oxygen atoms in total. The van der Waals surface area contributed by atoms with Gasteiger partial charge in [0.25, 0.3) is 0 Å². The molecular formula is C13H18N4O3S. The largest absolute Gasteiger partial charge is 0.495 e. The molecule has 1 aromatic carbocycles. The molecule has 0 unspecified atom stereocenters. The zero-order chi connectivity index (χ0) is 15.5. The number of sulfonamides is 1. The number of nitrogens with zero attached hydrogens (tertiary/aromatic N) is 2. The van der Waals surface area contributed by atoms with Crippen LogP contribution in [-0.4, -0.2) is 31.6 Å². The molecule has 0 fully saturated rings. The number of rotatable bonds is 6. The van der Waals surface area contributed by atoms with Crippen LogP contribution in [-0.2, 0) is 23.5 Å². The average Bonchev–Trinajstić information content (AvgIpc) is 2.84. The quantitative estimate of drug-likeness (QED) is 0.758. The van der Waals surface area contributed by atoms with E-state index in [1.807, 2.05) is 17.8 Å². The van der Waals surface area contributed by atoms with Crippen molar-refractivity contribution in [3.05, 3.63) is 36.4 Å². The van der Waals surface area contributed by atoms with Gasteiger partial charge in [-0.2, -0.15) is 0 Å². The lowest BCUT2D eigenvalue weighted by Gasteiger charge is -2.11. The number of ether oxygens (including phenoxy) is 1. The highest BCUT2D eigenvalue weighted by molar-refractivity contribution is 7.89. The first-order chi connectivity index (χ1) is 9.94. The van der Waals surface area contributed by atoms with E-state index in [9.17, 15) is 8.42 Å². The van der Waals surface area contributed by atoms with Gasteiger partial charge in [0.15, 0.2) is 0 Å². The van der Waals surface area contributed by atoms with E-state index in [2.05, 4.69) is 9.71 Å². The maximum atomic E-state index is 12.3. The monoisotopic (exact) mass is 310 g/mol. The molecule has 2 aromatic rings. The summed E-state index contributed by atoms with van der Waals surface area (Å²) in [6, 6.07) is 4.43. The van der Waals surface area contributed by atoms with Gasteiger partial charge in [-0.25, -0.2) is 18.1 Å². The van der Waals surface area contributed by atoms with E-state index in [-0.39, 0.29) is 17.2 Å². The van der Waals surface area contributed by atoms with Crippen LogP contribution in [0.2, 0.25) is 0 Å². The third kappa shape index (κ3) is 3.53. The molecule has 114 valence electrons. The van der Waals surface area contributed by atoms with Crippen LogP contribution in [0.3, 0.4) is 0 Å². The lowest BCUT2D eigenvalue weighted by atomic mass is 10.3. The van der Waals surface area contributed by atoms with Crippen LogP contribution in [0.25, 0.3) is 0 Å². The number of hydrogen-bond acceptors (Lipinski definition) is 5. The number of aromatic nitrogens is 2. The molecular weight excluding hydrogens is 292 g/mol. The van der Waals surface area contributed by atoms with E-state index in [1.165, 1.54) is 25.3 Å². The average molecular weight is 310 g/mol. The van der Waals surface area contributed by atoms with Gasteiger partial charge < -0.3 is 15.0 Å². The van der Waals surface area contributed by atoms with Gasteiger partial charge in [0.1, 0.15) is 16.5 Å². The molecule has 0 spiro atoms. The van der Waals surface area contributed by atoms with Crippen LogP contribution in [0, 0.1) is 0 Å². The van der Waals surface area contributed by atoms with Gasteiger partial charge in [-0.05, 0) is 12.1 Å². The molecule has 0 bridgehead atoms. The number of nitrogens with two attached hydrogens (primary N) is 1. The number of methoxy groups -OCH3 is 1. The van der Waals surface area contributed by atoms with Gasteiger partial charge in [-0.15, -0.1) is 0 Å². The summed E-state index contributed by atoms with van der Waals surface area (Å²) in [4.78, 5) is 4.21. The summed E-state index contributed by atoms with van der Waals surface area (Å²) in [5, 5.41) is 0. The van der Waals surface area contributed by atoms with Crippen LogP contribution in [0.15, 0.2) is 35.5 Å². The number of anilines is 1. The van der Waals surface area contributed by atoms with Crippen LogP contribution in [0.5, 0.6) is 5.75 Å². The van der Waals surface area contributed by atoms with Gasteiger partial charge >= 0.3 is 0 Å². The minimum absolute atomic E-state index is 0.0686. The Hall–Kier alpha value is -2.06. The summed E-state index contributed by atoms with van der Waals surface area (Å²) in [5.74, 6) is 1.03. The predicted octanol–water partition coefficient (Wildman–Crippen LogP) is 0.532. The highest BCUT2D eigenvalue weighted by atomic mass is 32.2. The van der Waals surface area contributed by atoms with Gasteiger partial charge in [0.2, 0.25) is 10.0 Å². The van der Waals surface area contributed by atoms with E-state index in [4.69, 9.17) is 10.5 Å². The highest BCUT2D eigenvalue weighted by Gasteiger charge is 2.19. The summed E-state index contributed by atoms with van der Waals surface area (Å²) in [6.07, 6.45) is 3.99. The first-order valence-corrected chi connectivity index (χ1v) is 7.82. The Bertz CT molecular complexity index is 725. The van der Waals surface area contributed by atoms with Crippen molar-refractivity contribution in [3.63, 3.8) is 0 Å². The molecule has 0 atom stereocenters. The summed E-state index contributed by atoms with van der Waals surface area (Å²) in [6.45, 7) is 0.251. The molecule has 0 aliphatic rings. The Morgan fingerprint density at radius 2 is 2.19 bits per heavy atom. The summed E-state index contributed by atoms with van der Waals surface area (Å²) in [7, 11) is -0.388. The number of imidazole rings is 1. The Morgan fingerprint density at radius 3 is 2.81 bits per heavy atom. The van der Waals surface area contributed by atoms with Crippen molar-refractivity contribution in [1.82, 2.24) is 14.3 Å². The number of aryl methyl sites for hydroxylation is 1. The number of nitrogens with one attached hydrogen (secondary N) is 1. The number of benzene rings is 1. The summed E-state index contributed by atoms with van der Waals surface area (Å²) >= 11 is 0. The highest BCUT2D eigenvalue weighted by Crippen LogP contribution is 2.25. The smallest absolute Gasteiger partial charge is 0.244 e. The second-order valence-electron chi connectivity index (χ2n) is 4.51. The molecule has 1 heterocycles. The number of hydrogen-bond donors (Lipinski definition) is 2. The predicted molar refractivity (Wildman–Crippen MR) is 79.5 cm³/mol. The maximum Gasteiger partial charge on any atom is 0.244 e. The van der Waals surface area contributed by atoms with Gasteiger partial charge in [0, 0.05) is 44.2 Å². The second-order valence-corrected chi connectivity index (χ2v) is 6.25. The van der Waals surface area contributed by atoms with Crippen molar-refractivity contribution in [2.75, 3.05) is 19.4 Å². The molecule has 0 aliphatic carbocycles. The van der Waals surface area contributed by atoms with E-state index in [1.54, 1.807) is 6.20 Å². The lowest BCUT2D eigenvalue weighted by Crippen LogP contribution is -2.27. The van der Waals surface area contributed by atoms with Crippen LogP contribution < -0.4 is 15.2 Å². The first kappa shape index (κ1) is 15.3. The van der Waals surface area contributed by atoms with Crippen LogP contribution >= 0.6 is 0 Å². The molecule has 0 saturated carbocycles. The second kappa shape index (κ2) is 6.15. The number of nitrogen functional groups attached to an aromatic ring is 1. The molecule has 0 amide bonds. The van der Waals surface area contributed by atoms with Crippen molar-refractivity contribution >= 4 is 15.7 Å². The molecule has 8 heteroatoms.